The highest BCUT2D eigenvalue weighted by Gasteiger charge is 1.85. The lowest BCUT2D eigenvalue weighted by molar-refractivity contribution is 1.02. The highest BCUT2D eigenvalue weighted by Crippen LogP contribution is 1.70. The number of nitrogens with one attached hydrogen (secondary N) is 2. The Hall–Kier alpha value is -1.28. The molecule has 0 unspecified atom stereocenters. The summed E-state index contributed by atoms with van der Waals surface area (Å²) >= 11 is 9.04. The molecule has 6 N–H and O–H groups in total. The predicted molar refractivity (Wildman–Crippen MR) is 61.4 cm³/mol. The minimum Gasteiger partial charge on any atom is -0.375 e. The van der Waals surface area contributed by atoms with Crippen molar-refractivity contribution in [1.82, 2.24) is 10.9 Å². The monoisotopic (exact) mass is 218 g/mol. The first kappa shape index (κ1) is 11.7. The molecular weight excluding hydrogens is 208 g/mol. The van der Waals surface area contributed by atoms with Gasteiger partial charge < -0.3 is 11.5 Å². The number of hydrogen-bond donors (Lipinski definition) is 4. The summed E-state index contributed by atoms with van der Waals surface area (Å²) in [6, 6.07) is 0. The van der Waals surface area contributed by atoms with Crippen molar-refractivity contribution >= 4 is 46.6 Å². The first-order valence-electron chi connectivity index (χ1n) is 3.20. The molecule has 0 saturated heterocycles. The second kappa shape index (κ2) is 6.26. The quantitative estimate of drug-likeness (QED) is 0.276. The minimum atomic E-state index is 0.0892. The molecule has 72 valence electrons. The lowest BCUT2D eigenvalue weighted by atomic mass is 10.5. The molecule has 6 nitrogen and oxygen atoms in total. The van der Waals surface area contributed by atoms with Crippen LogP contribution in [-0.4, -0.2) is 22.2 Å². The zero-order valence-corrected chi connectivity index (χ0v) is 8.58. The Labute approximate surface area is 86.4 Å². The summed E-state index contributed by atoms with van der Waals surface area (Å²) < 4.78 is 0. The molecule has 0 atom stereocenters. The third-order valence-corrected chi connectivity index (χ3v) is 0.951. The highest BCUT2D eigenvalue weighted by atomic mass is 32.1. The van der Waals surface area contributed by atoms with Crippen molar-refractivity contribution in [2.24, 2.45) is 21.7 Å². The smallest absolute Gasteiger partial charge is 0.184 e. The Balaban J connectivity index is 3.91. The van der Waals surface area contributed by atoms with Crippen LogP contribution in [0.1, 0.15) is 6.92 Å². The van der Waals surface area contributed by atoms with Crippen LogP contribution in [-0.2, 0) is 0 Å². The van der Waals surface area contributed by atoms with Crippen LogP contribution in [0.25, 0.3) is 0 Å². The van der Waals surface area contributed by atoms with Crippen LogP contribution in [0.4, 0.5) is 0 Å². The van der Waals surface area contributed by atoms with Crippen LogP contribution in [0.2, 0.25) is 0 Å². The third-order valence-electron chi connectivity index (χ3n) is 0.769. The summed E-state index contributed by atoms with van der Waals surface area (Å²) in [6.07, 6.45) is 1.42. The van der Waals surface area contributed by atoms with E-state index < -0.39 is 0 Å². The summed E-state index contributed by atoms with van der Waals surface area (Å²) in [5.74, 6) is 0. The maximum absolute atomic E-state index is 5.13. The Morgan fingerprint density at radius 1 is 1.23 bits per heavy atom. The second-order valence-electron chi connectivity index (χ2n) is 1.96. The number of rotatable bonds is 3. The predicted octanol–water partition coefficient (Wildman–Crippen LogP) is -0.985. The topological polar surface area (TPSA) is 101 Å². The van der Waals surface area contributed by atoms with Crippen molar-refractivity contribution in [2.75, 3.05) is 0 Å². The Bertz CT molecular complexity index is 258. The van der Waals surface area contributed by atoms with Gasteiger partial charge in [0.25, 0.3) is 0 Å². The van der Waals surface area contributed by atoms with E-state index in [-0.39, 0.29) is 10.2 Å². The molecule has 0 saturated carbocycles. The van der Waals surface area contributed by atoms with Gasteiger partial charge in [-0.05, 0) is 31.4 Å². The molecule has 8 heteroatoms. The van der Waals surface area contributed by atoms with E-state index >= 15 is 0 Å². The van der Waals surface area contributed by atoms with E-state index in [1.54, 1.807) is 6.92 Å². The average molecular weight is 218 g/mol. The summed E-state index contributed by atoms with van der Waals surface area (Å²) in [5, 5.41) is 7.58. The van der Waals surface area contributed by atoms with E-state index in [1.165, 1.54) is 6.21 Å². The van der Waals surface area contributed by atoms with E-state index in [2.05, 4.69) is 45.5 Å². The lowest BCUT2D eigenvalue weighted by Crippen LogP contribution is -2.26. The van der Waals surface area contributed by atoms with E-state index in [4.69, 9.17) is 11.5 Å². The zero-order valence-electron chi connectivity index (χ0n) is 6.94. The van der Waals surface area contributed by atoms with Gasteiger partial charge in [0.15, 0.2) is 10.2 Å². The summed E-state index contributed by atoms with van der Waals surface area (Å²) in [5.41, 5.74) is 15.6. The molecule has 0 radical (unpaired) electrons. The maximum Gasteiger partial charge on any atom is 0.184 e. The van der Waals surface area contributed by atoms with Gasteiger partial charge in [-0.25, -0.2) is 0 Å². The van der Waals surface area contributed by atoms with E-state index in [0.29, 0.717) is 5.71 Å². The van der Waals surface area contributed by atoms with Crippen LogP contribution in [0.5, 0.6) is 0 Å². The van der Waals surface area contributed by atoms with Gasteiger partial charge in [-0.3, -0.25) is 10.9 Å². The molecule has 0 aromatic rings. The summed E-state index contributed by atoms with van der Waals surface area (Å²) in [7, 11) is 0. The van der Waals surface area contributed by atoms with Crippen LogP contribution >= 0.6 is 24.4 Å². The van der Waals surface area contributed by atoms with E-state index in [1.807, 2.05) is 0 Å². The molecule has 13 heavy (non-hydrogen) atoms. The first-order chi connectivity index (χ1) is 6.02. The molecule has 0 aromatic carbocycles. The minimum absolute atomic E-state index is 0.0892. The van der Waals surface area contributed by atoms with Gasteiger partial charge in [-0.15, -0.1) is 0 Å². The van der Waals surface area contributed by atoms with Crippen LogP contribution in [0.15, 0.2) is 10.2 Å². The van der Waals surface area contributed by atoms with Crippen LogP contribution in [0, 0.1) is 0 Å². The normalized spacial score (nSPS) is 11.3. The van der Waals surface area contributed by atoms with Crippen molar-refractivity contribution in [3.05, 3.63) is 0 Å². The van der Waals surface area contributed by atoms with Gasteiger partial charge >= 0.3 is 0 Å². The molecule has 0 bridgehead atoms. The fourth-order valence-electron chi connectivity index (χ4n) is 0.361. The van der Waals surface area contributed by atoms with Crippen molar-refractivity contribution in [2.45, 2.75) is 6.92 Å². The number of nitrogens with zero attached hydrogens (tertiary/aromatic N) is 2. The van der Waals surface area contributed by atoms with Gasteiger partial charge in [0.05, 0.1) is 11.9 Å². The van der Waals surface area contributed by atoms with Crippen LogP contribution in [0.3, 0.4) is 0 Å². The summed E-state index contributed by atoms with van der Waals surface area (Å²) in [4.78, 5) is 0. The Morgan fingerprint density at radius 2 is 1.77 bits per heavy atom. The van der Waals surface area contributed by atoms with Gasteiger partial charge in [-0.1, -0.05) is 0 Å². The molecule has 0 aromatic heterocycles. The Kier molecular flexibility index (Phi) is 5.64. The average Bonchev–Trinajstić information content (AvgIpc) is 2.00. The number of hydrogen-bond acceptors (Lipinski definition) is 4. The standard InChI is InChI=1S/C5H10N6S2/c1-3(9-11-5(7)13)2-8-10-4(6)12/h2H,1H3,(H3,6,10,12)(H3,7,11,13)/b8-2+,9-3+. The van der Waals surface area contributed by atoms with Gasteiger partial charge in [0, 0.05) is 0 Å². The molecule has 0 aliphatic rings. The molecule has 0 aliphatic heterocycles. The maximum atomic E-state index is 5.13. The Morgan fingerprint density at radius 3 is 2.23 bits per heavy atom. The number of thiocarbonyl (C=S) groups is 2. The fourth-order valence-corrected chi connectivity index (χ4v) is 0.460. The van der Waals surface area contributed by atoms with E-state index in [9.17, 15) is 0 Å². The number of hydrazone groups is 2. The molecule has 0 spiro atoms. The summed E-state index contributed by atoms with van der Waals surface area (Å²) in [6.45, 7) is 1.70. The van der Waals surface area contributed by atoms with Crippen LogP contribution < -0.4 is 22.3 Å². The van der Waals surface area contributed by atoms with Crippen molar-refractivity contribution < 1.29 is 0 Å². The highest BCUT2D eigenvalue weighted by molar-refractivity contribution is 7.80. The first-order valence-corrected chi connectivity index (χ1v) is 4.02. The van der Waals surface area contributed by atoms with Crippen molar-refractivity contribution in [3.8, 4) is 0 Å². The van der Waals surface area contributed by atoms with Gasteiger partial charge in [0.1, 0.15) is 0 Å². The molecule has 0 heterocycles. The molecule has 0 fully saturated rings. The second-order valence-corrected chi connectivity index (χ2v) is 2.84. The lowest BCUT2D eigenvalue weighted by Gasteiger charge is -1.96. The van der Waals surface area contributed by atoms with Crippen molar-refractivity contribution in [3.63, 3.8) is 0 Å². The van der Waals surface area contributed by atoms with E-state index in [0.717, 1.165) is 0 Å². The van der Waals surface area contributed by atoms with Gasteiger partial charge in [-0.2, -0.15) is 10.2 Å². The molecular formula is C5H10N6S2. The SMILES string of the molecule is CC(/C=N/NC(N)=S)=N\NC(N)=S. The third kappa shape index (κ3) is 8.63. The number of nitrogens with two attached hydrogens (primary N) is 2. The zero-order chi connectivity index (χ0) is 10.3. The molecule has 0 aliphatic carbocycles. The largest absolute Gasteiger partial charge is 0.375 e. The molecule has 0 rings (SSSR count). The molecule has 0 amide bonds. The van der Waals surface area contributed by atoms with Crippen molar-refractivity contribution in [1.29, 1.82) is 0 Å². The fraction of sp³-hybridized carbons (Fsp3) is 0.200. The van der Waals surface area contributed by atoms with Gasteiger partial charge in [0.2, 0.25) is 0 Å².